The minimum atomic E-state index is -4.59. The van der Waals surface area contributed by atoms with Crippen LogP contribution in [0.25, 0.3) is 6.08 Å². The summed E-state index contributed by atoms with van der Waals surface area (Å²) in [4.78, 5) is 6.70. The quantitative estimate of drug-likeness (QED) is 0.792. The van der Waals surface area contributed by atoms with Crippen LogP contribution in [0.4, 0.5) is 13.2 Å². The molecule has 0 unspecified atom stereocenters. The summed E-state index contributed by atoms with van der Waals surface area (Å²) in [6.07, 6.45) is -1.14. The second kappa shape index (κ2) is 6.58. The van der Waals surface area contributed by atoms with Crippen LogP contribution in [-0.2, 0) is 6.18 Å². The first-order valence-corrected chi connectivity index (χ1v) is 6.29. The van der Waals surface area contributed by atoms with Crippen LogP contribution in [0, 0.1) is 0 Å². The molecule has 21 heavy (non-hydrogen) atoms. The molecular weight excluding hydrogens is 305 g/mol. The van der Waals surface area contributed by atoms with Crippen molar-refractivity contribution in [2.75, 3.05) is 6.61 Å². The number of hydrogen-bond acceptors (Lipinski definition) is 3. The Hall–Kier alpha value is -2.08. The molecule has 0 saturated heterocycles. The Labute approximate surface area is 124 Å². The van der Waals surface area contributed by atoms with Crippen molar-refractivity contribution < 1.29 is 17.9 Å². The van der Waals surface area contributed by atoms with E-state index in [0.29, 0.717) is 6.07 Å². The van der Waals surface area contributed by atoms with E-state index in [-0.39, 0.29) is 12.5 Å². The molecule has 0 saturated carbocycles. The molecule has 0 aliphatic heterocycles. The Kier molecular flexibility index (Phi) is 4.80. The zero-order valence-electron chi connectivity index (χ0n) is 10.6. The Balaban J connectivity index is 2.00. The van der Waals surface area contributed by atoms with E-state index in [0.717, 1.165) is 5.56 Å². The standard InChI is InChI=1S/C14H10ClF3N2O/c15-13-19-11(14(16,17)18)9-12(20-13)21-8-4-7-10-5-2-1-3-6-10/h1-7,9H,8H2/b7-4+. The highest BCUT2D eigenvalue weighted by atomic mass is 35.5. The van der Waals surface area contributed by atoms with Crippen molar-refractivity contribution in [3.8, 4) is 5.88 Å². The molecule has 110 valence electrons. The van der Waals surface area contributed by atoms with Gasteiger partial charge in [0.2, 0.25) is 11.2 Å². The van der Waals surface area contributed by atoms with Crippen LogP contribution in [0.3, 0.4) is 0 Å². The molecule has 0 aliphatic rings. The highest BCUT2D eigenvalue weighted by molar-refractivity contribution is 6.28. The van der Waals surface area contributed by atoms with Gasteiger partial charge in [-0.2, -0.15) is 18.2 Å². The molecule has 0 N–H and O–H groups in total. The van der Waals surface area contributed by atoms with Crippen molar-refractivity contribution in [3.63, 3.8) is 0 Å². The van der Waals surface area contributed by atoms with Crippen LogP contribution < -0.4 is 4.74 Å². The fourth-order valence-corrected chi connectivity index (χ4v) is 1.67. The van der Waals surface area contributed by atoms with Gasteiger partial charge < -0.3 is 4.74 Å². The molecule has 0 atom stereocenters. The van der Waals surface area contributed by atoms with E-state index in [1.165, 1.54) is 0 Å². The van der Waals surface area contributed by atoms with Gasteiger partial charge in [-0.3, -0.25) is 0 Å². The minimum absolute atomic E-state index is 0.0690. The number of halogens is 4. The summed E-state index contributed by atoms with van der Waals surface area (Å²) in [6.45, 7) is 0.0690. The van der Waals surface area contributed by atoms with E-state index in [2.05, 4.69) is 9.97 Å². The second-order valence-electron chi connectivity index (χ2n) is 3.98. The van der Waals surface area contributed by atoms with E-state index in [9.17, 15) is 13.2 Å². The highest BCUT2D eigenvalue weighted by Crippen LogP contribution is 2.30. The van der Waals surface area contributed by atoms with Crippen LogP contribution in [0.15, 0.2) is 42.5 Å². The average molecular weight is 315 g/mol. The first-order valence-electron chi connectivity index (χ1n) is 5.91. The normalized spacial score (nSPS) is 11.8. The smallest absolute Gasteiger partial charge is 0.433 e. The number of benzene rings is 1. The zero-order valence-corrected chi connectivity index (χ0v) is 11.4. The van der Waals surface area contributed by atoms with Crippen molar-refractivity contribution in [1.29, 1.82) is 0 Å². The van der Waals surface area contributed by atoms with Gasteiger partial charge in [0.15, 0.2) is 5.69 Å². The first-order chi connectivity index (χ1) is 9.95. The van der Waals surface area contributed by atoms with E-state index >= 15 is 0 Å². The molecule has 1 heterocycles. The third-order valence-corrected chi connectivity index (χ3v) is 2.57. The summed E-state index contributed by atoms with van der Waals surface area (Å²) < 4.78 is 42.7. The molecular formula is C14H10ClF3N2O. The lowest BCUT2D eigenvalue weighted by molar-refractivity contribution is -0.141. The molecule has 1 aromatic heterocycles. The van der Waals surface area contributed by atoms with Crippen molar-refractivity contribution in [2.45, 2.75) is 6.18 Å². The van der Waals surface area contributed by atoms with Crippen LogP contribution in [0.2, 0.25) is 5.28 Å². The maximum Gasteiger partial charge on any atom is 0.433 e. The van der Waals surface area contributed by atoms with Crippen molar-refractivity contribution in [1.82, 2.24) is 9.97 Å². The van der Waals surface area contributed by atoms with Gasteiger partial charge in [-0.1, -0.05) is 36.4 Å². The van der Waals surface area contributed by atoms with Gasteiger partial charge in [0.25, 0.3) is 0 Å². The zero-order chi connectivity index (χ0) is 15.3. The largest absolute Gasteiger partial charge is 0.473 e. The Morgan fingerprint density at radius 3 is 2.52 bits per heavy atom. The fourth-order valence-electron chi connectivity index (χ4n) is 1.50. The molecule has 7 heteroatoms. The number of hydrogen-bond donors (Lipinski definition) is 0. The number of aromatic nitrogens is 2. The summed E-state index contributed by atoms with van der Waals surface area (Å²) in [5.74, 6) is -0.222. The van der Waals surface area contributed by atoms with E-state index < -0.39 is 17.2 Å². The van der Waals surface area contributed by atoms with E-state index in [1.807, 2.05) is 30.3 Å². The molecule has 0 radical (unpaired) electrons. The average Bonchev–Trinajstić information content (AvgIpc) is 2.43. The molecule has 0 fully saturated rings. The molecule has 0 spiro atoms. The lowest BCUT2D eigenvalue weighted by Gasteiger charge is -2.08. The lowest BCUT2D eigenvalue weighted by Crippen LogP contribution is -2.10. The molecule has 1 aromatic carbocycles. The summed E-state index contributed by atoms with van der Waals surface area (Å²) in [6, 6.07) is 10.1. The van der Waals surface area contributed by atoms with Gasteiger partial charge in [-0.15, -0.1) is 0 Å². The van der Waals surface area contributed by atoms with Gasteiger partial charge in [-0.25, -0.2) is 4.98 Å². The fraction of sp³-hybridized carbons (Fsp3) is 0.143. The monoisotopic (exact) mass is 314 g/mol. The summed E-state index contributed by atoms with van der Waals surface area (Å²) in [5, 5.41) is -0.508. The van der Waals surface area contributed by atoms with Gasteiger partial charge in [0.1, 0.15) is 6.61 Å². The Morgan fingerprint density at radius 1 is 1.14 bits per heavy atom. The summed E-state index contributed by atoms with van der Waals surface area (Å²) in [7, 11) is 0. The van der Waals surface area contributed by atoms with Crippen LogP contribution in [0.5, 0.6) is 5.88 Å². The maximum absolute atomic E-state index is 12.5. The summed E-state index contributed by atoms with van der Waals surface area (Å²) >= 11 is 5.44. The van der Waals surface area contributed by atoms with E-state index in [1.54, 1.807) is 12.2 Å². The predicted molar refractivity (Wildman–Crippen MR) is 73.0 cm³/mol. The van der Waals surface area contributed by atoms with Crippen LogP contribution in [-0.4, -0.2) is 16.6 Å². The molecule has 2 aromatic rings. The third-order valence-electron chi connectivity index (χ3n) is 2.40. The lowest BCUT2D eigenvalue weighted by atomic mass is 10.2. The molecule has 0 amide bonds. The van der Waals surface area contributed by atoms with Gasteiger partial charge in [-0.05, 0) is 23.2 Å². The SMILES string of the molecule is FC(F)(F)c1cc(OC/C=C/c2ccccc2)nc(Cl)n1. The van der Waals surface area contributed by atoms with Gasteiger partial charge >= 0.3 is 6.18 Å². The first kappa shape index (κ1) is 15.3. The molecule has 3 nitrogen and oxygen atoms in total. The number of alkyl halides is 3. The van der Waals surface area contributed by atoms with Gasteiger partial charge in [0.05, 0.1) is 0 Å². The molecule has 2 rings (SSSR count). The van der Waals surface area contributed by atoms with Crippen molar-refractivity contribution >= 4 is 17.7 Å². The maximum atomic E-state index is 12.5. The Bertz CT molecular complexity index is 630. The predicted octanol–water partition coefficient (Wildman–Crippen LogP) is 4.24. The van der Waals surface area contributed by atoms with Crippen molar-refractivity contribution in [2.24, 2.45) is 0 Å². The van der Waals surface area contributed by atoms with Gasteiger partial charge in [0, 0.05) is 6.07 Å². The highest BCUT2D eigenvalue weighted by Gasteiger charge is 2.33. The topological polar surface area (TPSA) is 35.0 Å². The van der Waals surface area contributed by atoms with E-state index in [4.69, 9.17) is 16.3 Å². The summed E-state index contributed by atoms with van der Waals surface area (Å²) in [5.41, 5.74) is -0.178. The Morgan fingerprint density at radius 2 is 1.86 bits per heavy atom. The number of ether oxygens (including phenoxy) is 1. The third kappa shape index (κ3) is 4.75. The van der Waals surface area contributed by atoms with Crippen LogP contribution in [0.1, 0.15) is 11.3 Å². The number of nitrogens with zero attached hydrogens (tertiary/aromatic N) is 2. The molecule has 0 aliphatic carbocycles. The number of rotatable bonds is 4. The second-order valence-corrected chi connectivity index (χ2v) is 4.32. The molecule has 0 bridgehead atoms. The van der Waals surface area contributed by atoms with Crippen LogP contribution >= 0.6 is 11.6 Å². The van der Waals surface area contributed by atoms with Crippen molar-refractivity contribution in [3.05, 3.63) is 59.0 Å². The minimum Gasteiger partial charge on any atom is -0.473 e.